The summed E-state index contributed by atoms with van der Waals surface area (Å²) in [5.74, 6) is -1.21. The second-order valence-electron chi connectivity index (χ2n) is 7.33. The van der Waals surface area contributed by atoms with Crippen LogP contribution >= 0.6 is 11.6 Å². The first-order valence-electron chi connectivity index (χ1n) is 10.2. The lowest BCUT2D eigenvalue weighted by Crippen LogP contribution is -2.16. The van der Waals surface area contributed by atoms with Crippen molar-refractivity contribution < 1.29 is 23.1 Å². The van der Waals surface area contributed by atoms with Gasteiger partial charge in [0.25, 0.3) is 5.91 Å². The largest absolute Gasteiger partial charge is 0.487 e. The summed E-state index contributed by atoms with van der Waals surface area (Å²) in [7, 11) is 0. The molecule has 35 heavy (non-hydrogen) atoms. The van der Waals surface area contributed by atoms with Crippen LogP contribution in [0.3, 0.4) is 0 Å². The molecule has 0 saturated carbocycles. The Labute approximate surface area is 203 Å². The zero-order valence-electron chi connectivity index (χ0n) is 17.9. The highest BCUT2D eigenvalue weighted by Crippen LogP contribution is 2.32. The van der Waals surface area contributed by atoms with Crippen LogP contribution in [0.2, 0.25) is 0 Å². The molecule has 0 saturated heterocycles. The number of hydrogen-bond acceptors (Lipinski definition) is 5. The van der Waals surface area contributed by atoms with Crippen molar-refractivity contribution in [3.8, 4) is 28.1 Å². The number of aromatic nitrogens is 2. The summed E-state index contributed by atoms with van der Waals surface area (Å²) < 4.78 is 29.8. The third-order valence-corrected chi connectivity index (χ3v) is 4.97. The van der Waals surface area contributed by atoms with Gasteiger partial charge in [-0.1, -0.05) is 18.2 Å². The average molecular weight is 495 g/mol. The van der Waals surface area contributed by atoms with Gasteiger partial charge in [-0.3, -0.25) is 19.6 Å². The number of rotatable bonds is 7. The van der Waals surface area contributed by atoms with Gasteiger partial charge in [0, 0.05) is 58.1 Å². The molecule has 10 heteroatoms. The summed E-state index contributed by atoms with van der Waals surface area (Å²) in [6, 6.07) is 17.2. The van der Waals surface area contributed by atoms with Crippen molar-refractivity contribution in [3.05, 3.63) is 96.4 Å². The van der Waals surface area contributed by atoms with E-state index < -0.39 is 17.4 Å². The van der Waals surface area contributed by atoms with E-state index in [0.29, 0.717) is 33.6 Å². The van der Waals surface area contributed by atoms with Crippen LogP contribution in [0.1, 0.15) is 20.7 Å². The van der Waals surface area contributed by atoms with Crippen molar-refractivity contribution in [2.24, 2.45) is 5.73 Å². The Balaban J connectivity index is 1.66. The summed E-state index contributed by atoms with van der Waals surface area (Å²) in [5, 5.41) is 2.68. The second-order valence-corrected chi connectivity index (χ2v) is 7.77. The Morgan fingerprint density at radius 3 is 2.34 bits per heavy atom. The van der Waals surface area contributed by atoms with E-state index in [9.17, 15) is 18.4 Å². The van der Waals surface area contributed by atoms with Crippen molar-refractivity contribution in [2.75, 3.05) is 5.32 Å². The predicted octanol–water partition coefficient (Wildman–Crippen LogP) is 5.33. The number of alkyl halides is 3. The van der Waals surface area contributed by atoms with Crippen LogP contribution < -0.4 is 15.8 Å². The SMILES string of the molecule is NC(=O)c1cccc(-c2ncc(C(=O)Nc3ccc(OC(F)(F)Cl)cc3)cc2-c2cccnc2)c1. The molecule has 2 amide bonds. The first kappa shape index (κ1) is 23.8. The molecule has 0 spiro atoms. The van der Waals surface area contributed by atoms with E-state index >= 15 is 0 Å². The van der Waals surface area contributed by atoms with Gasteiger partial charge in [-0.15, -0.1) is 8.78 Å². The number of nitrogens with two attached hydrogens (primary N) is 1. The number of ether oxygens (including phenoxy) is 1. The van der Waals surface area contributed by atoms with Crippen molar-refractivity contribution in [1.29, 1.82) is 0 Å². The number of benzene rings is 2. The Bertz CT molecular complexity index is 1380. The standard InChI is InChI=1S/C25H17ClF2N4O3/c26-25(27,28)35-20-8-6-19(7-9-20)32-24(34)18-12-21(17-5-2-10-30-13-17)22(31-14-18)15-3-1-4-16(11-15)23(29)33/h1-14H,(H2,29,33)(H,32,34). The summed E-state index contributed by atoms with van der Waals surface area (Å²) in [6.45, 7) is 0. The molecule has 0 bridgehead atoms. The van der Waals surface area contributed by atoms with Gasteiger partial charge >= 0.3 is 5.57 Å². The van der Waals surface area contributed by atoms with Crippen LogP contribution in [0.5, 0.6) is 5.75 Å². The fraction of sp³-hybridized carbons (Fsp3) is 0.0400. The maximum absolute atomic E-state index is 12.9. The van der Waals surface area contributed by atoms with Crippen LogP contribution in [0.25, 0.3) is 22.4 Å². The summed E-state index contributed by atoms with van der Waals surface area (Å²) in [6.07, 6.45) is 4.65. The lowest BCUT2D eigenvalue weighted by molar-refractivity contribution is -0.0964. The number of anilines is 1. The van der Waals surface area contributed by atoms with Crippen LogP contribution in [-0.2, 0) is 0 Å². The Hall–Kier alpha value is -4.37. The van der Waals surface area contributed by atoms with Crippen molar-refractivity contribution in [2.45, 2.75) is 5.57 Å². The minimum absolute atomic E-state index is 0.161. The Kier molecular flexibility index (Phi) is 6.70. The van der Waals surface area contributed by atoms with Crippen LogP contribution in [0, 0.1) is 0 Å². The highest BCUT2D eigenvalue weighted by atomic mass is 35.5. The van der Waals surface area contributed by atoms with Crippen molar-refractivity contribution in [1.82, 2.24) is 9.97 Å². The third-order valence-electron chi connectivity index (χ3n) is 4.89. The molecule has 0 aliphatic carbocycles. The van der Waals surface area contributed by atoms with E-state index in [1.165, 1.54) is 30.5 Å². The Morgan fingerprint density at radius 2 is 1.69 bits per heavy atom. The third kappa shape index (κ3) is 5.96. The number of nitrogens with one attached hydrogen (secondary N) is 1. The van der Waals surface area contributed by atoms with E-state index in [0.717, 1.165) is 0 Å². The van der Waals surface area contributed by atoms with Crippen LogP contribution in [0.15, 0.2) is 85.3 Å². The lowest BCUT2D eigenvalue weighted by Gasteiger charge is -2.13. The monoisotopic (exact) mass is 494 g/mol. The number of carbonyl (C=O) groups excluding carboxylic acids is 2. The van der Waals surface area contributed by atoms with Gasteiger partial charge in [-0.2, -0.15) is 0 Å². The minimum atomic E-state index is -3.84. The van der Waals surface area contributed by atoms with Crippen molar-refractivity contribution in [3.63, 3.8) is 0 Å². The molecule has 2 aromatic carbocycles. The minimum Gasteiger partial charge on any atom is -0.420 e. The van der Waals surface area contributed by atoms with Gasteiger partial charge in [0.05, 0.1) is 11.3 Å². The van der Waals surface area contributed by atoms with E-state index in [-0.39, 0.29) is 11.3 Å². The predicted molar refractivity (Wildman–Crippen MR) is 127 cm³/mol. The average Bonchev–Trinajstić information content (AvgIpc) is 2.84. The number of primary amides is 1. The molecule has 7 nitrogen and oxygen atoms in total. The number of hydrogen-bond donors (Lipinski definition) is 2. The molecule has 2 heterocycles. The van der Waals surface area contributed by atoms with Crippen LogP contribution in [-0.4, -0.2) is 27.4 Å². The van der Waals surface area contributed by atoms with Crippen LogP contribution in [0.4, 0.5) is 14.5 Å². The smallest absolute Gasteiger partial charge is 0.420 e. The highest BCUT2D eigenvalue weighted by Gasteiger charge is 2.27. The molecule has 3 N–H and O–H groups in total. The molecule has 0 aliphatic rings. The number of pyridine rings is 2. The summed E-state index contributed by atoms with van der Waals surface area (Å²) in [5.41, 5.74) is 4.97. The van der Waals surface area contributed by atoms with Gasteiger partial charge < -0.3 is 15.8 Å². The van der Waals surface area contributed by atoms with E-state index in [2.05, 4.69) is 20.0 Å². The normalized spacial score (nSPS) is 11.1. The first-order valence-corrected chi connectivity index (χ1v) is 10.6. The molecule has 0 radical (unpaired) electrons. The fourth-order valence-electron chi connectivity index (χ4n) is 3.32. The number of halogens is 3. The molecular formula is C25H17ClF2N4O3. The van der Waals surface area contributed by atoms with Gasteiger partial charge in [-0.05, 0) is 48.5 Å². The second kappa shape index (κ2) is 9.86. The molecule has 176 valence electrons. The lowest BCUT2D eigenvalue weighted by atomic mass is 9.97. The molecule has 4 aromatic rings. The quantitative estimate of drug-likeness (QED) is 0.338. The molecule has 0 aliphatic heterocycles. The maximum atomic E-state index is 12.9. The molecule has 2 aromatic heterocycles. The van der Waals surface area contributed by atoms with E-state index in [4.69, 9.17) is 17.3 Å². The van der Waals surface area contributed by atoms with Gasteiger partial charge in [0.15, 0.2) is 0 Å². The highest BCUT2D eigenvalue weighted by molar-refractivity contribution is 6.20. The number of amides is 2. The maximum Gasteiger partial charge on any atom is 0.487 e. The van der Waals surface area contributed by atoms with Crippen molar-refractivity contribution >= 4 is 29.1 Å². The zero-order chi connectivity index (χ0) is 25.0. The topological polar surface area (TPSA) is 107 Å². The molecular weight excluding hydrogens is 478 g/mol. The van der Waals surface area contributed by atoms with Gasteiger partial charge in [0.1, 0.15) is 5.75 Å². The van der Waals surface area contributed by atoms with E-state index in [1.54, 1.807) is 48.8 Å². The Morgan fingerprint density at radius 1 is 0.943 bits per heavy atom. The molecule has 0 atom stereocenters. The number of carbonyl (C=O) groups is 2. The van der Waals surface area contributed by atoms with Gasteiger partial charge in [-0.25, -0.2) is 0 Å². The summed E-state index contributed by atoms with van der Waals surface area (Å²) >= 11 is 4.76. The van der Waals surface area contributed by atoms with Gasteiger partial charge in [0.2, 0.25) is 5.91 Å². The fourth-order valence-corrected chi connectivity index (χ4v) is 3.41. The first-order chi connectivity index (χ1) is 16.7. The summed E-state index contributed by atoms with van der Waals surface area (Å²) in [4.78, 5) is 33.2. The van der Waals surface area contributed by atoms with E-state index in [1.807, 2.05) is 6.07 Å². The number of nitrogens with zero attached hydrogens (tertiary/aromatic N) is 2. The zero-order valence-corrected chi connectivity index (χ0v) is 18.7. The molecule has 0 fully saturated rings. The molecule has 0 unspecified atom stereocenters. The molecule has 4 rings (SSSR count).